The summed E-state index contributed by atoms with van der Waals surface area (Å²) in [7, 11) is 1.65. The van der Waals surface area contributed by atoms with Gasteiger partial charge in [0.25, 0.3) is 0 Å². The van der Waals surface area contributed by atoms with E-state index in [4.69, 9.17) is 21.1 Å². The Hall–Kier alpha value is -1.17. The summed E-state index contributed by atoms with van der Waals surface area (Å²) < 4.78 is 11.3. The smallest absolute Gasteiger partial charge is 0.237 e. The third-order valence-electron chi connectivity index (χ3n) is 2.11. The van der Waals surface area contributed by atoms with Crippen molar-refractivity contribution < 1.29 is 9.47 Å². The summed E-state index contributed by atoms with van der Waals surface area (Å²) in [4.78, 5) is 7.83. The van der Waals surface area contributed by atoms with Crippen molar-refractivity contribution in [1.82, 2.24) is 9.97 Å². The second-order valence-corrected chi connectivity index (χ2v) is 4.67. The molecule has 2 aromatic rings. The maximum atomic E-state index is 5.72. The molecule has 0 radical (unpaired) electrons. The minimum absolute atomic E-state index is 0.140. The Kier molecular flexibility index (Phi) is 4.52. The van der Waals surface area contributed by atoms with Crippen LogP contribution in [0.15, 0.2) is 34.9 Å². The first-order chi connectivity index (χ1) is 8.69. The molecule has 0 saturated carbocycles. The molecule has 94 valence electrons. The Bertz CT molecular complexity index is 551. The van der Waals surface area contributed by atoms with Crippen LogP contribution in [0, 0.1) is 0 Å². The van der Waals surface area contributed by atoms with E-state index in [-0.39, 0.29) is 5.28 Å². The van der Waals surface area contributed by atoms with E-state index in [0.29, 0.717) is 22.7 Å². The van der Waals surface area contributed by atoms with Crippen LogP contribution in [0.1, 0.15) is 5.56 Å². The SMILES string of the molecule is COCc1cccc(Oc2nc(Cl)ncc2Br)c1. The number of benzene rings is 1. The van der Waals surface area contributed by atoms with Gasteiger partial charge in [-0.05, 0) is 45.2 Å². The lowest BCUT2D eigenvalue weighted by atomic mass is 10.2. The third kappa shape index (κ3) is 3.41. The fourth-order valence-corrected chi connectivity index (χ4v) is 1.78. The van der Waals surface area contributed by atoms with Crippen molar-refractivity contribution >= 4 is 27.5 Å². The molecule has 0 bridgehead atoms. The Labute approximate surface area is 118 Å². The molecule has 0 aliphatic carbocycles. The van der Waals surface area contributed by atoms with Crippen molar-refractivity contribution in [3.05, 3.63) is 45.8 Å². The Morgan fingerprint density at radius 1 is 1.39 bits per heavy atom. The summed E-state index contributed by atoms with van der Waals surface area (Å²) in [5.74, 6) is 1.05. The average Bonchev–Trinajstić information content (AvgIpc) is 2.35. The van der Waals surface area contributed by atoms with Crippen molar-refractivity contribution in [2.45, 2.75) is 6.61 Å². The van der Waals surface area contributed by atoms with E-state index in [1.165, 1.54) is 0 Å². The molecule has 0 fully saturated rings. The van der Waals surface area contributed by atoms with Crippen LogP contribution in [-0.2, 0) is 11.3 Å². The quantitative estimate of drug-likeness (QED) is 0.800. The summed E-state index contributed by atoms with van der Waals surface area (Å²) in [6.07, 6.45) is 1.55. The second kappa shape index (κ2) is 6.13. The molecule has 0 aliphatic heterocycles. The van der Waals surface area contributed by atoms with E-state index in [0.717, 1.165) is 5.56 Å². The predicted octanol–water partition coefficient (Wildman–Crippen LogP) is 3.83. The highest BCUT2D eigenvalue weighted by Crippen LogP contribution is 2.28. The number of nitrogens with zero attached hydrogens (tertiary/aromatic N) is 2. The van der Waals surface area contributed by atoms with Crippen LogP contribution in [0.4, 0.5) is 0 Å². The first-order valence-corrected chi connectivity index (χ1v) is 6.30. The van der Waals surface area contributed by atoms with Gasteiger partial charge in [0, 0.05) is 13.3 Å². The number of rotatable bonds is 4. The number of hydrogen-bond acceptors (Lipinski definition) is 4. The summed E-state index contributed by atoms with van der Waals surface area (Å²) in [5.41, 5.74) is 1.02. The molecule has 1 aromatic heterocycles. The molecular weight excluding hydrogens is 320 g/mol. The molecule has 0 N–H and O–H groups in total. The zero-order valence-electron chi connectivity index (χ0n) is 9.56. The minimum atomic E-state index is 0.140. The molecule has 6 heteroatoms. The highest BCUT2D eigenvalue weighted by Gasteiger charge is 2.07. The van der Waals surface area contributed by atoms with Gasteiger partial charge in [-0.3, -0.25) is 0 Å². The lowest BCUT2D eigenvalue weighted by Gasteiger charge is -2.07. The number of methoxy groups -OCH3 is 1. The Balaban J connectivity index is 2.22. The van der Waals surface area contributed by atoms with Gasteiger partial charge in [0.05, 0.1) is 11.1 Å². The highest BCUT2D eigenvalue weighted by atomic mass is 79.9. The predicted molar refractivity (Wildman–Crippen MR) is 72.0 cm³/mol. The summed E-state index contributed by atoms with van der Waals surface area (Å²) >= 11 is 9.02. The zero-order chi connectivity index (χ0) is 13.0. The van der Waals surface area contributed by atoms with Gasteiger partial charge in [-0.1, -0.05) is 12.1 Å². The Morgan fingerprint density at radius 2 is 2.22 bits per heavy atom. The standard InChI is InChI=1S/C12H10BrClN2O2/c1-17-7-8-3-2-4-9(5-8)18-11-10(13)6-15-12(14)16-11/h2-6H,7H2,1H3. The number of aromatic nitrogens is 2. The number of ether oxygens (including phenoxy) is 2. The molecule has 0 unspecified atom stereocenters. The van der Waals surface area contributed by atoms with E-state index in [1.807, 2.05) is 24.3 Å². The monoisotopic (exact) mass is 328 g/mol. The highest BCUT2D eigenvalue weighted by molar-refractivity contribution is 9.10. The van der Waals surface area contributed by atoms with Crippen LogP contribution < -0.4 is 4.74 Å². The second-order valence-electron chi connectivity index (χ2n) is 3.47. The largest absolute Gasteiger partial charge is 0.438 e. The third-order valence-corrected chi connectivity index (χ3v) is 2.83. The lowest BCUT2D eigenvalue weighted by molar-refractivity contribution is 0.184. The van der Waals surface area contributed by atoms with Crippen molar-refractivity contribution in [3.63, 3.8) is 0 Å². The summed E-state index contributed by atoms with van der Waals surface area (Å²) in [6.45, 7) is 0.531. The molecule has 2 rings (SSSR count). The first-order valence-electron chi connectivity index (χ1n) is 5.13. The minimum Gasteiger partial charge on any atom is -0.438 e. The molecule has 1 heterocycles. The molecule has 0 aliphatic rings. The van der Waals surface area contributed by atoms with E-state index < -0.39 is 0 Å². The van der Waals surface area contributed by atoms with Crippen molar-refractivity contribution in [2.75, 3.05) is 7.11 Å². The van der Waals surface area contributed by atoms with Gasteiger partial charge in [-0.2, -0.15) is 4.98 Å². The van der Waals surface area contributed by atoms with E-state index in [2.05, 4.69) is 25.9 Å². The van der Waals surface area contributed by atoms with Crippen LogP contribution in [0.25, 0.3) is 0 Å². The first kappa shape index (κ1) is 13.3. The van der Waals surface area contributed by atoms with Crippen LogP contribution >= 0.6 is 27.5 Å². The van der Waals surface area contributed by atoms with Gasteiger partial charge in [0.2, 0.25) is 11.2 Å². The topological polar surface area (TPSA) is 44.2 Å². The molecule has 18 heavy (non-hydrogen) atoms. The van der Waals surface area contributed by atoms with Crippen LogP contribution in [0.3, 0.4) is 0 Å². The Morgan fingerprint density at radius 3 is 3.00 bits per heavy atom. The van der Waals surface area contributed by atoms with Gasteiger partial charge in [0.15, 0.2) is 0 Å². The van der Waals surface area contributed by atoms with E-state index >= 15 is 0 Å². The normalized spacial score (nSPS) is 10.4. The molecule has 0 saturated heterocycles. The van der Waals surface area contributed by atoms with E-state index in [9.17, 15) is 0 Å². The van der Waals surface area contributed by atoms with Crippen LogP contribution in [-0.4, -0.2) is 17.1 Å². The van der Waals surface area contributed by atoms with Gasteiger partial charge in [-0.25, -0.2) is 4.98 Å². The van der Waals surface area contributed by atoms with Crippen molar-refractivity contribution in [1.29, 1.82) is 0 Å². The summed E-state index contributed by atoms with van der Waals surface area (Å²) in [6, 6.07) is 7.56. The van der Waals surface area contributed by atoms with E-state index in [1.54, 1.807) is 13.3 Å². The molecule has 0 atom stereocenters. The van der Waals surface area contributed by atoms with Crippen molar-refractivity contribution in [3.8, 4) is 11.6 Å². The molecule has 0 spiro atoms. The lowest BCUT2D eigenvalue weighted by Crippen LogP contribution is -1.93. The number of halogens is 2. The van der Waals surface area contributed by atoms with Gasteiger partial charge in [0.1, 0.15) is 5.75 Å². The van der Waals surface area contributed by atoms with Gasteiger partial charge >= 0.3 is 0 Å². The maximum absolute atomic E-state index is 5.72. The van der Waals surface area contributed by atoms with Gasteiger partial charge in [-0.15, -0.1) is 0 Å². The van der Waals surface area contributed by atoms with Gasteiger partial charge < -0.3 is 9.47 Å². The molecule has 1 aromatic carbocycles. The fourth-order valence-electron chi connectivity index (χ4n) is 1.38. The average molecular weight is 330 g/mol. The zero-order valence-corrected chi connectivity index (χ0v) is 11.9. The van der Waals surface area contributed by atoms with Crippen LogP contribution in [0.2, 0.25) is 5.28 Å². The molecular formula is C12H10BrClN2O2. The van der Waals surface area contributed by atoms with Crippen molar-refractivity contribution in [2.24, 2.45) is 0 Å². The number of hydrogen-bond donors (Lipinski definition) is 0. The summed E-state index contributed by atoms with van der Waals surface area (Å²) in [5, 5.41) is 0.140. The molecule has 0 amide bonds. The fraction of sp³-hybridized carbons (Fsp3) is 0.167. The van der Waals surface area contributed by atoms with Crippen LogP contribution in [0.5, 0.6) is 11.6 Å². The maximum Gasteiger partial charge on any atom is 0.237 e. The molecule has 4 nitrogen and oxygen atoms in total.